The Labute approximate surface area is 140 Å². The second-order valence-electron chi connectivity index (χ2n) is 5.30. The number of rotatable bonds is 4. The molecule has 23 heavy (non-hydrogen) atoms. The highest BCUT2D eigenvalue weighted by atomic mass is 35.5. The van der Waals surface area contributed by atoms with Crippen molar-refractivity contribution in [3.8, 4) is 5.75 Å². The van der Waals surface area contributed by atoms with Crippen molar-refractivity contribution >= 4 is 23.5 Å². The van der Waals surface area contributed by atoms with E-state index in [1.54, 1.807) is 18.2 Å². The van der Waals surface area contributed by atoms with Gasteiger partial charge in [0.15, 0.2) is 0 Å². The monoisotopic (exact) mass is 332 g/mol. The summed E-state index contributed by atoms with van der Waals surface area (Å²) in [5.74, 6) is -0.681. The van der Waals surface area contributed by atoms with Gasteiger partial charge in [-0.05, 0) is 41.8 Å². The molecule has 0 bridgehead atoms. The van der Waals surface area contributed by atoms with Gasteiger partial charge in [-0.1, -0.05) is 37.6 Å². The molecular formula is C18H17ClO4. The van der Waals surface area contributed by atoms with Gasteiger partial charge in [-0.2, -0.15) is 0 Å². The van der Waals surface area contributed by atoms with Gasteiger partial charge in [0.2, 0.25) is 0 Å². The van der Waals surface area contributed by atoms with Crippen LogP contribution in [0.1, 0.15) is 46.0 Å². The van der Waals surface area contributed by atoms with Crippen molar-refractivity contribution in [3.63, 3.8) is 0 Å². The summed E-state index contributed by atoms with van der Waals surface area (Å²) in [6.07, 6.45) is 0. The van der Waals surface area contributed by atoms with E-state index in [1.165, 1.54) is 19.2 Å². The minimum atomic E-state index is -0.620. The SMILES string of the molecule is COC(=O)c1cc(Cl)ccc1OC(=O)c1ccc(C(C)C)cc1. The molecule has 0 fully saturated rings. The Morgan fingerprint density at radius 3 is 2.22 bits per heavy atom. The number of methoxy groups -OCH3 is 1. The van der Waals surface area contributed by atoms with E-state index >= 15 is 0 Å². The topological polar surface area (TPSA) is 52.6 Å². The summed E-state index contributed by atoms with van der Waals surface area (Å²) < 4.78 is 9.98. The van der Waals surface area contributed by atoms with E-state index in [1.807, 2.05) is 12.1 Å². The van der Waals surface area contributed by atoms with Crippen molar-refractivity contribution in [3.05, 3.63) is 64.2 Å². The van der Waals surface area contributed by atoms with Gasteiger partial charge < -0.3 is 9.47 Å². The third-order valence-electron chi connectivity index (χ3n) is 3.36. The van der Waals surface area contributed by atoms with Crippen LogP contribution in [-0.2, 0) is 4.74 Å². The minimum absolute atomic E-state index is 0.104. The second-order valence-corrected chi connectivity index (χ2v) is 5.73. The predicted octanol–water partition coefficient (Wildman–Crippen LogP) is 4.47. The lowest BCUT2D eigenvalue weighted by molar-refractivity contribution is 0.0593. The van der Waals surface area contributed by atoms with E-state index in [4.69, 9.17) is 16.3 Å². The van der Waals surface area contributed by atoms with Crippen LogP contribution in [0, 0.1) is 0 Å². The molecule has 0 saturated heterocycles. The molecule has 2 aromatic carbocycles. The number of esters is 2. The molecule has 0 aliphatic heterocycles. The highest BCUT2D eigenvalue weighted by Crippen LogP contribution is 2.25. The number of benzene rings is 2. The molecule has 0 heterocycles. The smallest absolute Gasteiger partial charge is 0.343 e. The summed E-state index contributed by atoms with van der Waals surface area (Å²) in [5, 5.41) is 0.353. The van der Waals surface area contributed by atoms with Crippen LogP contribution in [0.2, 0.25) is 5.02 Å². The molecule has 0 atom stereocenters. The zero-order valence-corrected chi connectivity index (χ0v) is 13.9. The Hall–Kier alpha value is -2.33. The molecule has 0 unspecified atom stereocenters. The van der Waals surface area contributed by atoms with Crippen molar-refractivity contribution < 1.29 is 19.1 Å². The number of ether oxygens (including phenoxy) is 2. The first-order chi connectivity index (χ1) is 10.9. The molecule has 120 valence electrons. The van der Waals surface area contributed by atoms with E-state index in [0.717, 1.165) is 5.56 Å². The van der Waals surface area contributed by atoms with Gasteiger partial charge in [-0.15, -0.1) is 0 Å². The quantitative estimate of drug-likeness (QED) is 0.612. The van der Waals surface area contributed by atoms with Crippen molar-refractivity contribution in [2.75, 3.05) is 7.11 Å². The fourth-order valence-electron chi connectivity index (χ4n) is 2.02. The van der Waals surface area contributed by atoms with Gasteiger partial charge in [-0.3, -0.25) is 0 Å². The number of carbonyl (C=O) groups excluding carboxylic acids is 2. The fourth-order valence-corrected chi connectivity index (χ4v) is 2.20. The lowest BCUT2D eigenvalue weighted by Crippen LogP contribution is -2.12. The molecule has 4 nitrogen and oxygen atoms in total. The summed E-state index contributed by atoms with van der Waals surface area (Å²) in [5.41, 5.74) is 1.63. The van der Waals surface area contributed by atoms with Crippen LogP contribution in [0.5, 0.6) is 5.75 Å². The average Bonchev–Trinajstić information content (AvgIpc) is 2.55. The normalized spacial score (nSPS) is 10.5. The van der Waals surface area contributed by atoms with Crippen molar-refractivity contribution in [2.24, 2.45) is 0 Å². The first-order valence-electron chi connectivity index (χ1n) is 7.12. The van der Waals surface area contributed by atoms with Gasteiger partial charge in [0.1, 0.15) is 11.3 Å². The molecule has 0 aliphatic rings. The summed E-state index contributed by atoms with van der Waals surface area (Å²) >= 11 is 5.87. The number of halogens is 1. The van der Waals surface area contributed by atoms with Crippen LogP contribution < -0.4 is 4.74 Å². The highest BCUT2D eigenvalue weighted by Gasteiger charge is 2.17. The van der Waals surface area contributed by atoms with Crippen LogP contribution >= 0.6 is 11.6 Å². The van der Waals surface area contributed by atoms with E-state index in [-0.39, 0.29) is 11.3 Å². The second kappa shape index (κ2) is 7.29. The molecular weight excluding hydrogens is 316 g/mol. The summed E-state index contributed by atoms with van der Waals surface area (Å²) in [4.78, 5) is 24.0. The lowest BCUT2D eigenvalue weighted by Gasteiger charge is -2.10. The third-order valence-corrected chi connectivity index (χ3v) is 3.60. The Bertz CT molecular complexity index is 720. The maximum absolute atomic E-state index is 12.2. The molecule has 0 saturated carbocycles. The maximum Gasteiger partial charge on any atom is 0.343 e. The summed E-state index contributed by atoms with van der Waals surface area (Å²) in [6.45, 7) is 4.15. The fraction of sp³-hybridized carbons (Fsp3) is 0.222. The maximum atomic E-state index is 12.2. The van der Waals surface area contributed by atoms with Crippen LogP contribution in [0.15, 0.2) is 42.5 Å². The lowest BCUT2D eigenvalue weighted by atomic mass is 10.0. The molecule has 0 N–H and O–H groups in total. The van der Waals surface area contributed by atoms with Crippen LogP contribution in [0.25, 0.3) is 0 Å². The minimum Gasteiger partial charge on any atom is -0.465 e. The Kier molecular flexibility index (Phi) is 5.40. The van der Waals surface area contributed by atoms with E-state index in [9.17, 15) is 9.59 Å². The molecule has 0 spiro atoms. The molecule has 5 heteroatoms. The Morgan fingerprint density at radius 2 is 1.65 bits per heavy atom. The van der Waals surface area contributed by atoms with Gasteiger partial charge in [0.25, 0.3) is 0 Å². The van der Waals surface area contributed by atoms with E-state index in [2.05, 4.69) is 18.6 Å². The number of hydrogen-bond acceptors (Lipinski definition) is 4. The Balaban J connectivity index is 2.24. The summed E-state index contributed by atoms with van der Waals surface area (Å²) in [7, 11) is 1.25. The highest BCUT2D eigenvalue weighted by molar-refractivity contribution is 6.31. The number of carbonyl (C=O) groups is 2. The van der Waals surface area contributed by atoms with Crippen molar-refractivity contribution in [1.29, 1.82) is 0 Å². The predicted molar refractivity (Wildman–Crippen MR) is 88.3 cm³/mol. The first-order valence-corrected chi connectivity index (χ1v) is 7.50. The Morgan fingerprint density at radius 1 is 1.00 bits per heavy atom. The van der Waals surface area contributed by atoms with Gasteiger partial charge in [0, 0.05) is 5.02 Å². The third kappa shape index (κ3) is 4.11. The average molecular weight is 333 g/mol. The number of hydrogen-bond donors (Lipinski definition) is 0. The largest absolute Gasteiger partial charge is 0.465 e. The van der Waals surface area contributed by atoms with Crippen LogP contribution in [0.3, 0.4) is 0 Å². The zero-order valence-electron chi connectivity index (χ0n) is 13.1. The molecule has 2 aromatic rings. The van der Waals surface area contributed by atoms with Crippen molar-refractivity contribution in [2.45, 2.75) is 19.8 Å². The standard InChI is InChI=1S/C18H17ClO4/c1-11(2)12-4-6-13(7-5-12)17(20)23-16-9-8-14(19)10-15(16)18(21)22-3/h4-11H,1-3H3. The molecule has 0 aliphatic carbocycles. The molecule has 0 radical (unpaired) electrons. The molecule has 0 amide bonds. The van der Waals surface area contributed by atoms with Gasteiger partial charge in [0.05, 0.1) is 12.7 Å². The van der Waals surface area contributed by atoms with Gasteiger partial charge >= 0.3 is 11.9 Å². The summed E-state index contributed by atoms with van der Waals surface area (Å²) in [6, 6.07) is 11.6. The molecule has 0 aromatic heterocycles. The van der Waals surface area contributed by atoms with E-state index < -0.39 is 11.9 Å². The zero-order chi connectivity index (χ0) is 17.0. The van der Waals surface area contributed by atoms with Crippen LogP contribution in [0.4, 0.5) is 0 Å². The van der Waals surface area contributed by atoms with E-state index in [0.29, 0.717) is 16.5 Å². The van der Waals surface area contributed by atoms with Crippen LogP contribution in [-0.4, -0.2) is 19.0 Å². The van der Waals surface area contributed by atoms with Gasteiger partial charge in [-0.25, -0.2) is 9.59 Å². The molecule has 2 rings (SSSR count). The first kappa shape index (κ1) is 17.0. The van der Waals surface area contributed by atoms with Crippen molar-refractivity contribution in [1.82, 2.24) is 0 Å².